The maximum absolute atomic E-state index is 5.80. The molecule has 0 bridgehead atoms. The summed E-state index contributed by atoms with van der Waals surface area (Å²) in [5.41, 5.74) is 0. The quantitative estimate of drug-likeness (QED) is 0.719. The Morgan fingerprint density at radius 1 is 1.15 bits per heavy atom. The zero-order valence-electron chi connectivity index (χ0n) is 8.43. The minimum absolute atomic E-state index is 0.515. The Kier molecular flexibility index (Phi) is 3.62. The molecule has 1 saturated carbocycles. The molecule has 2 nitrogen and oxygen atoms in total. The molecule has 1 aliphatic heterocycles. The molecule has 0 aromatic heterocycles. The third-order valence-electron chi connectivity index (χ3n) is 3.37. The summed E-state index contributed by atoms with van der Waals surface area (Å²) in [6, 6.07) is 0. The molecule has 0 radical (unpaired) electrons. The van der Waals surface area contributed by atoms with Crippen molar-refractivity contribution in [2.75, 3.05) is 19.7 Å². The van der Waals surface area contributed by atoms with Crippen molar-refractivity contribution < 1.29 is 4.74 Å². The zero-order chi connectivity index (χ0) is 8.93. The second-order valence-corrected chi connectivity index (χ2v) is 4.42. The summed E-state index contributed by atoms with van der Waals surface area (Å²) < 4.78 is 5.80. The first-order valence-corrected chi connectivity index (χ1v) is 5.77. The van der Waals surface area contributed by atoms with E-state index < -0.39 is 0 Å². The summed E-state index contributed by atoms with van der Waals surface area (Å²) in [5, 5.41) is 3.33. The third-order valence-corrected chi connectivity index (χ3v) is 3.37. The molecule has 0 aromatic rings. The highest BCUT2D eigenvalue weighted by Gasteiger charge is 2.17. The molecule has 0 spiro atoms. The van der Waals surface area contributed by atoms with Gasteiger partial charge in [-0.25, -0.2) is 0 Å². The fraction of sp³-hybridized carbons (Fsp3) is 1.00. The second kappa shape index (κ2) is 4.97. The van der Waals surface area contributed by atoms with Gasteiger partial charge in [0.15, 0.2) is 0 Å². The van der Waals surface area contributed by atoms with E-state index in [1.807, 2.05) is 0 Å². The highest BCUT2D eigenvalue weighted by atomic mass is 16.5. The SMILES string of the molecule is C1CCC(CCOC2CCNC2)C1. The molecule has 13 heavy (non-hydrogen) atoms. The van der Waals surface area contributed by atoms with Crippen molar-refractivity contribution in [3.63, 3.8) is 0 Å². The van der Waals surface area contributed by atoms with Crippen LogP contribution in [0.2, 0.25) is 0 Å². The smallest absolute Gasteiger partial charge is 0.0711 e. The molecule has 0 aromatic carbocycles. The molecule has 1 heterocycles. The van der Waals surface area contributed by atoms with E-state index >= 15 is 0 Å². The van der Waals surface area contributed by atoms with Crippen LogP contribution in [0.1, 0.15) is 38.5 Å². The van der Waals surface area contributed by atoms with Crippen LogP contribution >= 0.6 is 0 Å². The van der Waals surface area contributed by atoms with Crippen molar-refractivity contribution in [1.29, 1.82) is 0 Å². The Bertz CT molecular complexity index is 121. The lowest BCUT2D eigenvalue weighted by Gasteiger charge is -2.13. The van der Waals surface area contributed by atoms with Crippen molar-refractivity contribution in [2.45, 2.75) is 44.6 Å². The van der Waals surface area contributed by atoms with Crippen LogP contribution in [-0.4, -0.2) is 25.8 Å². The van der Waals surface area contributed by atoms with Gasteiger partial charge in [0.2, 0.25) is 0 Å². The number of rotatable bonds is 4. The topological polar surface area (TPSA) is 21.3 Å². The Balaban J connectivity index is 1.52. The maximum atomic E-state index is 5.80. The van der Waals surface area contributed by atoms with E-state index in [9.17, 15) is 0 Å². The van der Waals surface area contributed by atoms with E-state index in [1.54, 1.807) is 0 Å². The molecule has 76 valence electrons. The normalized spacial score (nSPS) is 30.0. The van der Waals surface area contributed by atoms with Crippen LogP contribution in [0.25, 0.3) is 0 Å². The van der Waals surface area contributed by atoms with Crippen LogP contribution in [0.3, 0.4) is 0 Å². The molecule has 1 atom stereocenters. The van der Waals surface area contributed by atoms with E-state index in [2.05, 4.69) is 5.32 Å². The lowest BCUT2D eigenvalue weighted by molar-refractivity contribution is 0.0579. The molecule has 2 rings (SSSR count). The Morgan fingerprint density at radius 3 is 2.69 bits per heavy atom. The van der Waals surface area contributed by atoms with Crippen molar-refractivity contribution in [2.24, 2.45) is 5.92 Å². The monoisotopic (exact) mass is 183 g/mol. The fourth-order valence-corrected chi connectivity index (χ4v) is 2.47. The summed E-state index contributed by atoms with van der Waals surface area (Å²) >= 11 is 0. The minimum Gasteiger partial charge on any atom is -0.377 e. The van der Waals surface area contributed by atoms with E-state index in [4.69, 9.17) is 4.74 Å². The first-order valence-electron chi connectivity index (χ1n) is 5.77. The van der Waals surface area contributed by atoms with E-state index in [0.29, 0.717) is 6.10 Å². The summed E-state index contributed by atoms with van der Waals surface area (Å²) in [4.78, 5) is 0. The predicted octanol–water partition coefficient (Wildman–Crippen LogP) is 1.95. The van der Waals surface area contributed by atoms with Gasteiger partial charge in [-0.1, -0.05) is 25.7 Å². The van der Waals surface area contributed by atoms with Gasteiger partial charge < -0.3 is 10.1 Å². The summed E-state index contributed by atoms with van der Waals surface area (Å²) in [5.74, 6) is 0.981. The first-order chi connectivity index (χ1) is 6.45. The second-order valence-electron chi connectivity index (χ2n) is 4.42. The van der Waals surface area contributed by atoms with Gasteiger partial charge in [0.05, 0.1) is 6.10 Å². The van der Waals surface area contributed by atoms with Crippen LogP contribution in [0, 0.1) is 5.92 Å². The Labute approximate surface area is 81.0 Å². The highest BCUT2D eigenvalue weighted by molar-refractivity contribution is 4.72. The van der Waals surface area contributed by atoms with Crippen LogP contribution in [-0.2, 0) is 4.74 Å². The van der Waals surface area contributed by atoms with Crippen molar-refractivity contribution in [1.82, 2.24) is 5.32 Å². The van der Waals surface area contributed by atoms with Crippen molar-refractivity contribution in [3.8, 4) is 0 Å². The van der Waals surface area contributed by atoms with Crippen molar-refractivity contribution >= 4 is 0 Å². The zero-order valence-corrected chi connectivity index (χ0v) is 8.43. The van der Waals surface area contributed by atoms with Gasteiger partial charge in [-0.3, -0.25) is 0 Å². The Morgan fingerprint density at radius 2 is 2.00 bits per heavy atom. The average molecular weight is 183 g/mol. The number of hydrogen-bond acceptors (Lipinski definition) is 2. The van der Waals surface area contributed by atoms with Crippen LogP contribution in [0.15, 0.2) is 0 Å². The lowest BCUT2D eigenvalue weighted by atomic mass is 10.1. The van der Waals surface area contributed by atoms with Crippen molar-refractivity contribution in [3.05, 3.63) is 0 Å². The standard InChI is InChI=1S/C11H21NO/c1-2-4-10(3-1)6-8-13-11-5-7-12-9-11/h10-12H,1-9H2. The predicted molar refractivity (Wildman–Crippen MR) is 53.8 cm³/mol. The lowest BCUT2D eigenvalue weighted by Crippen LogP contribution is -2.18. The number of hydrogen-bond donors (Lipinski definition) is 1. The number of ether oxygens (including phenoxy) is 1. The highest BCUT2D eigenvalue weighted by Crippen LogP contribution is 2.27. The van der Waals surface area contributed by atoms with Crippen LogP contribution in [0.5, 0.6) is 0 Å². The average Bonchev–Trinajstić information content (AvgIpc) is 2.75. The molecule has 1 unspecified atom stereocenters. The van der Waals surface area contributed by atoms with Crippen LogP contribution in [0.4, 0.5) is 0 Å². The molecule has 1 aliphatic carbocycles. The maximum Gasteiger partial charge on any atom is 0.0711 e. The van der Waals surface area contributed by atoms with E-state index in [1.165, 1.54) is 38.5 Å². The Hall–Kier alpha value is -0.0800. The molecule has 2 aliphatic rings. The van der Waals surface area contributed by atoms with Gasteiger partial charge in [-0.15, -0.1) is 0 Å². The molecule has 1 saturated heterocycles. The van der Waals surface area contributed by atoms with Crippen LogP contribution < -0.4 is 5.32 Å². The summed E-state index contributed by atoms with van der Waals surface area (Å²) in [6.07, 6.45) is 8.84. The van der Waals surface area contributed by atoms with E-state index in [0.717, 1.165) is 25.6 Å². The molecule has 2 heteroatoms. The molecule has 1 N–H and O–H groups in total. The minimum atomic E-state index is 0.515. The molecular weight excluding hydrogens is 162 g/mol. The summed E-state index contributed by atoms with van der Waals surface area (Å²) in [7, 11) is 0. The number of nitrogens with one attached hydrogen (secondary N) is 1. The first kappa shape index (κ1) is 9.47. The summed E-state index contributed by atoms with van der Waals surface area (Å²) in [6.45, 7) is 3.22. The molecular formula is C11H21NO. The van der Waals surface area contributed by atoms with Gasteiger partial charge in [-0.2, -0.15) is 0 Å². The molecule has 0 amide bonds. The third kappa shape index (κ3) is 2.96. The van der Waals surface area contributed by atoms with Gasteiger partial charge in [0.1, 0.15) is 0 Å². The van der Waals surface area contributed by atoms with Gasteiger partial charge >= 0.3 is 0 Å². The van der Waals surface area contributed by atoms with E-state index in [-0.39, 0.29) is 0 Å². The molecule has 2 fully saturated rings. The van der Waals surface area contributed by atoms with Gasteiger partial charge in [0.25, 0.3) is 0 Å². The van der Waals surface area contributed by atoms with Gasteiger partial charge in [0, 0.05) is 13.2 Å². The van der Waals surface area contributed by atoms with Gasteiger partial charge in [-0.05, 0) is 25.3 Å². The fourth-order valence-electron chi connectivity index (χ4n) is 2.47. The largest absolute Gasteiger partial charge is 0.377 e.